The fourth-order valence-electron chi connectivity index (χ4n) is 1.19. The molecule has 0 aromatic heterocycles. The molecule has 1 aromatic rings. The second-order valence-corrected chi connectivity index (χ2v) is 8.98. The molecule has 0 atom stereocenters. The topological polar surface area (TPSA) is 110 Å². The van der Waals surface area contributed by atoms with Crippen molar-refractivity contribution in [2.45, 2.75) is 0 Å². The largest absolute Gasteiger partial charge is 0.748 e. The van der Waals surface area contributed by atoms with Gasteiger partial charge in [0.1, 0.15) is 6.61 Å². The number of ether oxygens (including phenoxy) is 2. The lowest BCUT2D eigenvalue weighted by Gasteiger charge is -2.07. The molecule has 0 N–H and O–H groups in total. The molecule has 0 aliphatic rings. The highest BCUT2D eigenvalue weighted by Crippen LogP contribution is 2.29. The molecule has 126 valence electrons. The average Bonchev–Trinajstić information content (AvgIpc) is 2.39. The Morgan fingerprint density at radius 2 is 1.61 bits per heavy atom. The van der Waals surface area contributed by atoms with Gasteiger partial charge in [0, 0.05) is 15.7 Å². The third-order valence-corrected chi connectivity index (χ3v) is 4.99. The monoisotopic (exact) mass is 677 g/mol. The summed E-state index contributed by atoms with van der Waals surface area (Å²) in [4.78, 5) is 22.9. The van der Waals surface area contributed by atoms with E-state index < -0.39 is 34.4 Å². The van der Waals surface area contributed by atoms with Gasteiger partial charge in [-0.15, -0.1) is 0 Å². The van der Waals surface area contributed by atoms with E-state index in [-0.39, 0.29) is 0 Å². The lowest BCUT2D eigenvalue weighted by molar-refractivity contribution is -0.137. The molecule has 0 aliphatic heterocycles. The Labute approximate surface area is 173 Å². The van der Waals surface area contributed by atoms with Crippen LogP contribution >= 0.6 is 67.8 Å². The van der Waals surface area contributed by atoms with Crippen molar-refractivity contribution in [2.24, 2.45) is 0 Å². The van der Waals surface area contributed by atoms with Crippen LogP contribution < -0.4 is 4.74 Å². The third kappa shape index (κ3) is 8.59. The molecule has 0 spiro atoms. The van der Waals surface area contributed by atoms with Crippen molar-refractivity contribution in [3.05, 3.63) is 35.0 Å². The van der Waals surface area contributed by atoms with Crippen molar-refractivity contribution >= 4 is 89.8 Å². The molecule has 0 saturated carbocycles. The summed E-state index contributed by atoms with van der Waals surface area (Å²) in [6.07, 6.45) is 1.66. The zero-order valence-corrected chi connectivity index (χ0v) is 18.4. The van der Waals surface area contributed by atoms with Gasteiger partial charge in [0.2, 0.25) is 0 Å². The van der Waals surface area contributed by atoms with E-state index in [2.05, 4.69) is 27.3 Å². The molecular weight excluding hydrogens is 669 g/mol. The van der Waals surface area contributed by atoms with Gasteiger partial charge >= 0.3 is 11.9 Å². The number of esters is 2. The van der Waals surface area contributed by atoms with E-state index in [0.29, 0.717) is 5.75 Å². The van der Waals surface area contributed by atoms with E-state index in [4.69, 9.17) is 4.74 Å². The van der Waals surface area contributed by atoms with Crippen molar-refractivity contribution in [2.75, 3.05) is 12.4 Å². The molecule has 11 heteroatoms. The third-order valence-electron chi connectivity index (χ3n) is 2.10. The molecule has 0 bridgehead atoms. The summed E-state index contributed by atoms with van der Waals surface area (Å²) >= 11 is 6.18. The first kappa shape index (κ1) is 21.0. The first-order valence-electron chi connectivity index (χ1n) is 5.73. The molecule has 23 heavy (non-hydrogen) atoms. The van der Waals surface area contributed by atoms with E-state index in [1.54, 1.807) is 0 Å². The minimum absolute atomic E-state index is 0.382. The Morgan fingerprint density at radius 1 is 1.09 bits per heavy atom. The smallest absolute Gasteiger partial charge is 0.336 e. The highest BCUT2D eigenvalue weighted by Gasteiger charge is 2.11. The molecule has 1 aromatic carbocycles. The van der Waals surface area contributed by atoms with Crippen LogP contribution in [0, 0.1) is 10.7 Å². The summed E-state index contributed by atoms with van der Waals surface area (Å²) in [5.41, 5.74) is 0. The number of hydrogen-bond acceptors (Lipinski definition) is 7. The number of carbonyl (C=O) groups excluding carboxylic acids is 2. The summed E-state index contributed by atoms with van der Waals surface area (Å²) in [5, 5.41) is 0. The predicted octanol–water partition coefficient (Wildman–Crippen LogP) is 2.05. The van der Waals surface area contributed by atoms with Gasteiger partial charge in [-0.3, -0.25) is 0 Å². The molecule has 0 radical (unpaired) electrons. The van der Waals surface area contributed by atoms with Crippen molar-refractivity contribution in [3.63, 3.8) is 0 Å². The molecule has 0 saturated heterocycles. The highest BCUT2D eigenvalue weighted by molar-refractivity contribution is 14.1. The molecule has 0 fully saturated rings. The quantitative estimate of drug-likeness (QED) is 0.149. The fraction of sp³-hybridized carbons (Fsp3) is 0.167. The van der Waals surface area contributed by atoms with Crippen LogP contribution in [0.2, 0.25) is 0 Å². The number of benzene rings is 1. The second kappa shape index (κ2) is 9.47. The van der Waals surface area contributed by atoms with Gasteiger partial charge in [-0.05, 0) is 79.9 Å². The van der Waals surface area contributed by atoms with E-state index in [9.17, 15) is 22.6 Å². The average molecular weight is 677 g/mol. The van der Waals surface area contributed by atoms with Crippen LogP contribution in [0.15, 0.2) is 24.3 Å². The van der Waals surface area contributed by atoms with Crippen LogP contribution in [0.3, 0.4) is 0 Å². The van der Waals surface area contributed by atoms with Gasteiger partial charge in [-0.25, -0.2) is 18.0 Å². The molecular formula is C12H8I3O7S-. The normalized spacial score (nSPS) is 11.5. The first-order chi connectivity index (χ1) is 10.6. The summed E-state index contributed by atoms with van der Waals surface area (Å²) in [7, 11) is -4.45. The van der Waals surface area contributed by atoms with E-state index in [1.807, 2.05) is 57.3 Å². The van der Waals surface area contributed by atoms with Crippen molar-refractivity contribution in [1.29, 1.82) is 0 Å². The van der Waals surface area contributed by atoms with E-state index in [1.165, 1.54) is 0 Å². The molecule has 0 heterocycles. The zero-order valence-electron chi connectivity index (χ0n) is 11.1. The number of rotatable bonds is 6. The van der Waals surface area contributed by atoms with Crippen LogP contribution in [-0.4, -0.2) is 37.3 Å². The first-order valence-corrected chi connectivity index (χ1v) is 10.5. The fourth-order valence-corrected chi connectivity index (χ4v) is 5.28. The van der Waals surface area contributed by atoms with Crippen LogP contribution in [0.1, 0.15) is 0 Å². The van der Waals surface area contributed by atoms with E-state index >= 15 is 0 Å². The lowest BCUT2D eigenvalue weighted by atomic mass is 10.3. The standard InChI is InChI=1S/C12H9I3O7S/c13-7-5-8(14)12(9(15)6-7)22-11(17)2-1-10(16)21-3-4-23(18,19)20/h1-2,5-6H,3-4H2,(H,18,19,20)/p-1/b2-1-. The zero-order chi connectivity index (χ0) is 17.6. The maximum atomic E-state index is 11.7. The van der Waals surface area contributed by atoms with Crippen LogP contribution in [0.5, 0.6) is 5.75 Å². The van der Waals surface area contributed by atoms with Crippen molar-refractivity contribution < 1.29 is 32.0 Å². The number of halogens is 3. The lowest BCUT2D eigenvalue weighted by Crippen LogP contribution is -2.14. The van der Waals surface area contributed by atoms with Crippen LogP contribution in [-0.2, 0) is 24.4 Å². The molecule has 0 aliphatic carbocycles. The number of carbonyl (C=O) groups is 2. The van der Waals surface area contributed by atoms with Gasteiger partial charge < -0.3 is 14.0 Å². The Morgan fingerprint density at radius 3 is 2.13 bits per heavy atom. The summed E-state index contributed by atoms with van der Waals surface area (Å²) in [6.45, 7) is -0.572. The van der Waals surface area contributed by atoms with Gasteiger partial charge in [0.15, 0.2) is 5.75 Å². The predicted molar refractivity (Wildman–Crippen MR) is 105 cm³/mol. The van der Waals surface area contributed by atoms with Crippen LogP contribution in [0.4, 0.5) is 0 Å². The van der Waals surface area contributed by atoms with Crippen molar-refractivity contribution in [1.82, 2.24) is 0 Å². The number of hydrogen-bond donors (Lipinski definition) is 0. The molecule has 1 rings (SSSR count). The Balaban J connectivity index is 2.58. The summed E-state index contributed by atoms with van der Waals surface area (Å²) in [5.74, 6) is -2.17. The molecule has 0 unspecified atom stereocenters. The molecule has 7 nitrogen and oxygen atoms in total. The maximum absolute atomic E-state index is 11.7. The minimum atomic E-state index is -4.45. The second-order valence-electron chi connectivity index (χ2n) is 3.88. The van der Waals surface area contributed by atoms with Gasteiger partial charge in [-0.1, -0.05) is 0 Å². The van der Waals surface area contributed by atoms with E-state index in [0.717, 1.165) is 22.9 Å². The maximum Gasteiger partial charge on any atom is 0.336 e. The minimum Gasteiger partial charge on any atom is -0.748 e. The Bertz CT molecular complexity index is 720. The van der Waals surface area contributed by atoms with Crippen molar-refractivity contribution in [3.8, 4) is 5.75 Å². The summed E-state index contributed by atoms with van der Waals surface area (Å²) in [6, 6.07) is 3.65. The Hall–Kier alpha value is -0.0000000000000000208. The van der Waals surface area contributed by atoms with Gasteiger partial charge in [-0.2, -0.15) is 0 Å². The molecule has 0 amide bonds. The SMILES string of the molecule is O=C(/C=C\C(=O)Oc1c(I)cc(I)cc1I)OCCS(=O)(=O)[O-]. The van der Waals surface area contributed by atoms with Crippen LogP contribution in [0.25, 0.3) is 0 Å². The highest BCUT2D eigenvalue weighted by atomic mass is 127. The Kier molecular flexibility index (Phi) is 8.67. The summed E-state index contributed by atoms with van der Waals surface area (Å²) < 4.78 is 43.1. The van der Waals surface area contributed by atoms with Gasteiger partial charge in [0.05, 0.1) is 23.0 Å². The van der Waals surface area contributed by atoms with Gasteiger partial charge in [0.25, 0.3) is 0 Å².